The van der Waals surface area contributed by atoms with Crippen LogP contribution >= 0.6 is 0 Å². The topological polar surface area (TPSA) is 64.6 Å². The molecule has 3 aliphatic rings. The third-order valence-corrected chi connectivity index (χ3v) is 4.29. The van der Waals surface area contributed by atoms with E-state index in [4.69, 9.17) is 9.47 Å². The van der Waals surface area contributed by atoms with Crippen LogP contribution in [0.1, 0.15) is 17.0 Å². The van der Waals surface area contributed by atoms with Crippen molar-refractivity contribution in [3.63, 3.8) is 0 Å². The third-order valence-electron chi connectivity index (χ3n) is 4.29. The number of rotatable bonds is 1. The second-order valence-electron chi connectivity index (χ2n) is 5.73. The maximum Gasteiger partial charge on any atom is 0.419 e. The molecule has 0 saturated heterocycles. The molecule has 3 heterocycles. The average molecular weight is 355 g/mol. The molecule has 0 radical (unpaired) electrons. The summed E-state index contributed by atoms with van der Waals surface area (Å²) in [7, 11) is 0. The van der Waals surface area contributed by atoms with Gasteiger partial charge in [-0.15, -0.1) is 0 Å². The van der Waals surface area contributed by atoms with Crippen LogP contribution in [-0.4, -0.2) is 25.2 Å². The fraction of sp³-hybridized carbons (Fsp3) is 0.250. The van der Waals surface area contributed by atoms with Gasteiger partial charge in [0, 0.05) is 0 Å². The fourth-order valence-electron chi connectivity index (χ4n) is 3.22. The van der Waals surface area contributed by atoms with Crippen molar-refractivity contribution in [1.29, 1.82) is 0 Å². The van der Waals surface area contributed by atoms with E-state index >= 15 is 0 Å². The van der Waals surface area contributed by atoms with Crippen molar-refractivity contribution in [3.8, 4) is 0 Å². The highest BCUT2D eigenvalue weighted by molar-refractivity contribution is 6.02. The quantitative estimate of drug-likeness (QED) is 0.618. The van der Waals surface area contributed by atoms with E-state index < -0.39 is 35.4 Å². The zero-order chi connectivity index (χ0) is 17.9. The van der Waals surface area contributed by atoms with Crippen LogP contribution < -0.4 is 5.32 Å². The van der Waals surface area contributed by atoms with Gasteiger partial charge >= 0.3 is 18.1 Å². The first kappa shape index (κ1) is 15.7. The predicted octanol–water partition coefficient (Wildman–Crippen LogP) is 2.15. The number of ether oxygens (including phenoxy) is 2. The lowest BCUT2D eigenvalue weighted by Gasteiger charge is -2.24. The van der Waals surface area contributed by atoms with Crippen LogP contribution in [0.4, 0.5) is 17.6 Å². The lowest BCUT2D eigenvalue weighted by molar-refractivity contribution is -0.140. The first-order valence-corrected chi connectivity index (χ1v) is 7.21. The minimum Gasteiger partial charge on any atom is -0.456 e. The number of cyclic esters (lactones) is 2. The Morgan fingerprint density at radius 2 is 1.56 bits per heavy atom. The predicted molar refractivity (Wildman–Crippen MR) is 73.2 cm³/mol. The van der Waals surface area contributed by atoms with E-state index in [0.717, 1.165) is 6.07 Å². The molecule has 0 bridgehead atoms. The molecule has 0 fully saturated rings. The standard InChI is InChI=1S/C16H9F4NO4/c17-8-2-1-6(3-7(8)16(18,19)20)11-12-9(4-24-14(12)22)21-10-5-25-15(23)13(10)11/h1-3,11,21H,4-5H2. The van der Waals surface area contributed by atoms with E-state index in [2.05, 4.69) is 5.32 Å². The second-order valence-corrected chi connectivity index (χ2v) is 5.73. The maximum absolute atomic E-state index is 13.6. The normalized spacial score (nSPS) is 20.3. The van der Waals surface area contributed by atoms with Crippen molar-refractivity contribution in [2.75, 3.05) is 13.2 Å². The van der Waals surface area contributed by atoms with Gasteiger partial charge in [-0.1, -0.05) is 6.07 Å². The Morgan fingerprint density at radius 3 is 2.08 bits per heavy atom. The molecular formula is C16H9F4NO4. The Kier molecular flexibility index (Phi) is 3.18. The summed E-state index contributed by atoms with van der Waals surface area (Å²) in [6, 6.07) is 2.39. The van der Waals surface area contributed by atoms with E-state index in [0.29, 0.717) is 23.5 Å². The van der Waals surface area contributed by atoms with Crippen molar-refractivity contribution >= 4 is 11.9 Å². The summed E-state index contributed by atoms with van der Waals surface area (Å²) in [5.74, 6) is -4.01. The molecule has 0 spiro atoms. The Labute approximate surface area is 137 Å². The van der Waals surface area contributed by atoms with E-state index in [1.54, 1.807) is 0 Å². The molecule has 0 amide bonds. The lowest BCUT2D eigenvalue weighted by Crippen LogP contribution is -2.27. The Hall–Kier alpha value is -2.84. The molecule has 0 saturated carbocycles. The molecule has 25 heavy (non-hydrogen) atoms. The number of carbonyl (C=O) groups is 2. The third kappa shape index (κ3) is 2.30. The molecule has 3 aliphatic heterocycles. The van der Waals surface area contributed by atoms with Crippen molar-refractivity contribution in [1.82, 2.24) is 5.32 Å². The van der Waals surface area contributed by atoms with Gasteiger partial charge in [0.25, 0.3) is 0 Å². The molecule has 1 aromatic carbocycles. The highest BCUT2D eigenvalue weighted by atomic mass is 19.4. The zero-order valence-electron chi connectivity index (χ0n) is 12.4. The van der Waals surface area contributed by atoms with E-state index in [-0.39, 0.29) is 29.9 Å². The van der Waals surface area contributed by atoms with Crippen LogP contribution in [-0.2, 0) is 25.2 Å². The zero-order valence-corrected chi connectivity index (χ0v) is 12.4. The number of dihydropyridines is 1. The SMILES string of the molecule is O=C1OCC2=C1C(c1ccc(F)c(C(F)(F)F)c1)C1=C(COC1=O)N2. The van der Waals surface area contributed by atoms with Crippen LogP contribution in [0.3, 0.4) is 0 Å². The van der Waals surface area contributed by atoms with Gasteiger partial charge in [0.05, 0.1) is 34.0 Å². The molecule has 0 aliphatic carbocycles. The van der Waals surface area contributed by atoms with Crippen LogP contribution in [0.5, 0.6) is 0 Å². The maximum atomic E-state index is 13.6. The van der Waals surface area contributed by atoms with Crippen molar-refractivity contribution in [3.05, 3.63) is 57.7 Å². The Bertz CT molecular complexity index is 845. The number of esters is 2. The molecule has 0 aromatic heterocycles. The molecule has 1 aromatic rings. The van der Waals surface area contributed by atoms with Gasteiger partial charge in [-0.2, -0.15) is 13.2 Å². The number of carbonyl (C=O) groups excluding carboxylic acids is 2. The van der Waals surface area contributed by atoms with Crippen LogP contribution in [0.25, 0.3) is 0 Å². The fourth-order valence-corrected chi connectivity index (χ4v) is 3.22. The van der Waals surface area contributed by atoms with E-state index in [9.17, 15) is 27.2 Å². The number of alkyl halides is 3. The van der Waals surface area contributed by atoms with Gasteiger partial charge in [0.1, 0.15) is 19.0 Å². The number of hydrogen-bond donors (Lipinski definition) is 1. The number of nitrogens with one attached hydrogen (secondary N) is 1. The van der Waals surface area contributed by atoms with Crippen LogP contribution in [0, 0.1) is 5.82 Å². The number of benzene rings is 1. The summed E-state index contributed by atoms with van der Waals surface area (Å²) in [5.41, 5.74) is -0.692. The molecule has 5 nitrogen and oxygen atoms in total. The smallest absolute Gasteiger partial charge is 0.419 e. The van der Waals surface area contributed by atoms with Crippen LogP contribution in [0.15, 0.2) is 40.7 Å². The van der Waals surface area contributed by atoms with E-state index in [1.165, 1.54) is 0 Å². The van der Waals surface area contributed by atoms with Gasteiger partial charge in [-0.25, -0.2) is 14.0 Å². The monoisotopic (exact) mass is 355 g/mol. The van der Waals surface area contributed by atoms with Gasteiger partial charge in [0.15, 0.2) is 0 Å². The van der Waals surface area contributed by atoms with Crippen LogP contribution in [0.2, 0.25) is 0 Å². The molecule has 0 atom stereocenters. The molecule has 1 N–H and O–H groups in total. The first-order chi connectivity index (χ1) is 11.8. The van der Waals surface area contributed by atoms with E-state index in [1.807, 2.05) is 0 Å². The Balaban J connectivity index is 1.90. The summed E-state index contributed by atoms with van der Waals surface area (Å²) >= 11 is 0. The summed E-state index contributed by atoms with van der Waals surface area (Å²) in [5, 5.41) is 2.87. The summed E-state index contributed by atoms with van der Waals surface area (Å²) < 4.78 is 62.5. The number of hydrogen-bond acceptors (Lipinski definition) is 5. The molecule has 130 valence electrons. The minimum atomic E-state index is -4.91. The highest BCUT2D eigenvalue weighted by Crippen LogP contribution is 2.44. The molecule has 4 rings (SSSR count). The first-order valence-electron chi connectivity index (χ1n) is 7.21. The van der Waals surface area contributed by atoms with Crippen molar-refractivity contribution < 1.29 is 36.6 Å². The second kappa shape index (κ2) is 5.08. The Morgan fingerprint density at radius 1 is 1.00 bits per heavy atom. The summed E-state index contributed by atoms with van der Waals surface area (Å²) in [6.07, 6.45) is -4.91. The summed E-state index contributed by atoms with van der Waals surface area (Å²) in [6.45, 7) is -0.161. The molecular weight excluding hydrogens is 346 g/mol. The van der Waals surface area contributed by atoms with Gasteiger partial charge in [-0.3, -0.25) is 0 Å². The highest BCUT2D eigenvalue weighted by Gasteiger charge is 2.46. The molecule has 9 heteroatoms. The van der Waals surface area contributed by atoms with Crippen molar-refractivity contribution in [2.24, 2.45) is 0 Å². The molecule has 0 unspecified atom stereocenters. The van der Waals surface area contributed by atoms with Gasteiger partial charge in [0.2, 0.25) is 0 Å². The van der Waals surface area contributed by atoms with Gasteiger partial charge < -0.3 is 14.8 Å². The minimum absolute atomic E-state index is 0.0343. The average Bonchev–Trinajstić information content (AvgIpc) is 3.09. The summed E-state index contributed by atoms with van der Waals surface area (Å²) in [4.78, 5) is 24.1. The van der Waals surface area contributed by atoms with Gasteiger partial charge in [-0.05, 0) is 17.7 Å². The van der Waals surface area contributed by atoms with Crippen molar-refractivity contribution in [2.45, 2.75) is 12.1 Å². The lowest BCUT2D eigenvalue weighted by atomic mass is 9.81. The number of halogens is 4. The largest absolute Gasteiger partial charge is 0.456 e.